The summed E-state index contributed by atoms with van der Waals surface area (Å²) in [5, 5.41) is 22.2. The average Bonchev–Trinajstić information content (AvgIpc) is 2.81. The molecule has 0 fully saturated rings. The number of nitrogens with one attached hydrogen (secondary N) is 1. The molecule has 5 nitrogen and oxygen atoms in total. The third-order valence-corrected chi connectivity index (χ3v) is 4.15. The van der Waals surface area contributed by atoms with Crippen LogP contribution in [0, 0.1) is 0 Å². The Morgan fingerprint density at radius 2 is 2.05 bits per heavy atom. The van der Waals surface area contributed by atoms with Crippen molar-refractivity contribution < 1.29 is 19.7 Å². The Hall–Kier alpha value is -2.21. The second-order valence-corrected chi connectivity index (χ2v) is 5.64. The van der Waals surface area contributed by atoms with E-state index in [9.17, 15) is 15.0 Å². The quantitative estimate of drug-likeness (QED) is 0.793. The van der Waals surface area contributed by atoms with E-state index in [-0.39, 0.29) is 12.4 Å². The van der Waals surface area contributed by atoms with Gasteiger partial charge in [0.1, 0.15) is 18.1 Å². The van der Waals surface area contributed by atoms with Crippen molar-refractivity contribution in [3.05, 3.63) is 52.5 Å². The van der Waals surface area contributed by atoms with Crippen molar-refractivity contribution >= 4 is 27.6 Å². The number of halogens is 1. The summed E-state index contributed by atoms with van der Waals surface area (Å²) in [6, 6.07) is 11.7. The maximum atomic E-state index is 11.9. The molecule has 0 radical (unpaired) electrons. The highest BCUT2D eigenvalue weighted by Crippen LogP contribution is 2.42. The first-order valence-electron chi connectivity index (χ1n) is 6.25. The normalized spacial score (nSPS) is 19.7. The van der Waals surface area contributed by atoms with Gasteiger partial charge < -0.3 is 20.3 Å². The number of benzene rings is 2. The van der Waals surface area contributed by atoms with Crippen LogP contribution in [-0.2, 0) is 10.3 Å². The fraction of sp³-hybridized carbons (Fsp3) is 0.133. The first-order valence-corrected chi connectivity index (χ1v) is 7.05. The second kappa shape index (κ2) is 4.96. The van der Waals surface area contributed by atoms with Gasteiger partial charge in [0.2, 0.25) is 0 Å². The molecule has 1 unspecified atom stereocenters. The molecule has 0 aliphatic carbocycles. The van der Waals surface area contributed by atoms with Crippen LogP contribution in [0.15, 0.2) is 46.9 Å². The predicted molar refractivity (Wildman–Crippen MR) is 80.7 cm³/mol. The molecule has 2 aromatic rings. The van der Waals surface area contributed by atoms with Crippen molar-refractivity contribution in [3.8, 4) is 11.5 Å². The number of ether oxygens (including phenoxy) is 1. The van der Waals surface area contributed by atoms with Crippen LogP contribution in [0.25, 0.3) is 0 Å². The maximum Gasteiger partial charge on any atom is 0.337 e. The van der Waals surface area contributed by atoms with Gasteiger partial charge in [-0.2, -0.15) is 0 Å². The number of fused-ring (bicyclic) bond motifs is 1. The van der Waals surface area contributed by atoms with E-state index in [0.717, 1.165) is 4.47 Å². The average molecular weight is 350 g/mol. The molecular weight excluding hydrogens is 338 g/mol. The molecule has 0 saturated carbocycles. The van der Waals surface area contributed by atoms with Gasteiger partial charge in [0.05, 0.1) is 0 Å². The van der Waals surface area contributed by atoms with E-state index in [0.29, 0.717) is 17.0 Å². The molecule has 1 aliphatic heterocycles. The molecule has 0 amide bonds. The smallest absolute Gasteiger partial charge is 0.337 e. The third kappa shape index (κ3) is 2.21. The van der Waals surface area contributed by atoms with E-state index in [4.69, 9.17) is 4.74 Å². The molecule has 2 aromatic carbocycles. The van der Waals surface area contributed by atoms with Gasteiger partial charge in [-0.15, -0.1) is 0 Å². The standard InChI is InChI=1S/C15H12BrNO4/c16-11-3-1-2-4-12(11)17-15(14(19)20)8-21-13-7-9(18)5-6-10(13)15/h1-7,17-18H,8H2,(H,19,20). The van der Waals surface area contributed by atoms with Crippen molar-refractivity contribution in [2.45, 2.75) is 5.54 Å². The zero-order valence-electron chi connectivity index (χ0n) is 10.8. The Labute approximate surface area is 129 Å². The van der Waals surface area contributed by atoms with Gasteiger partial charge in [-0.3, -0.25) is 0 Å². The number of hydrogen-bond acceptors (Lipinski definition) is 4. The number of carbonyl (C=O) groups is 1. The van der Waals surface area contributed by atoms with Crippen molar-refractivity contribution in [2.24, 2.45) is 0 Å². The van der Waals surface area contributed by atoms with E-state index in [1.54, 1.807) is 12.1 Å². The largest absolute Gasteiger partial charge is 0.508 e. The number of carboxylic acids is 1. The van der Waals surface area contributed by atoms with Crippen molar-refractivity contribution in [2.75, 3.05) is 11.9 Å². The molecule has 0 spiro atoms. The van der Waals surface area contributed by atoms with Crippen LogP contribution in [0.1, 0.15) is 5.56 Å². The number of para-hydroxylation sites is 1. The highest BCUT2D eigenvalue weighted by Gasteiger charge is 2.48. The number of carboxylic acid groups (broad SMARTS) is 1. The molecule has 1 heterocycles. The first kappa shape index (κ1) is 13.8. The van der Waals surface area contributed by atoms with E-state index in [1.165, 1.54) is 12.1 Å². The zero-order chi connectivity index (χ0) is 15.0. The Bertz CT molecular complexity index is 719. The summed E-state index contributed by atoms with van der Waals surface area (Å²) in [5.41, 5.74) is -0.236. The van der Waals surface area contributed by atoms with Crippen LogP contribution < -0.4 is 10.1 Å². The number of rotatable bonds is 3. The van der Waals surface area contributed by atoms with Crippen LogP contribution >= 0.6 is 15.9 Å². The lowest BCUT2D eigenvalue weighted by atomic mass is 9.91. The molecule has 1 aliphatic rings. The fourth-order valence-corrected chi connectivity index (χ4v) is 2.76. The molecule has 0 bridgehead atoms. The summed E-state index contributed by atoms with van der Waals surface area (Å²) in [7, 11) is 0. The summed E-state index contributed by atoms with van der Waals surface area (Å²) in [5.74, 6) is -0.629. The number of aromatic hydroxyl groups is 1. The Kier molecular flexibility index (Phi) is 3.25. The Morgan fingerprint density at radius 3 is 2.76 bits per heavy atom. The van der Waals surface area contributed by atoms with E-state index in [2.05, 4.69) is 21.2 Å². The third-order valence-electron chi connectivity index (χ3n) is 3.46. The number of anilines is 1. The molecule has 3 N–H and O–H groups in total. The molecule has 1 atom stereocenters. The van der Waals surface area contributed by atoms with Gasteiger partial charge in [0, 0.05) is 21.8 Å². The van der Waals surface area contributed by atoms with Crippen molar-refractivity contribution in [3.63, 3.8) is 0 Å². The van der Waals surface area contributed by atoms with Crippen LogP contribution in [0.2, 0.25) is 0 Å². The maximum absolute atomic E-state index is 11.9. The van der Waals surface area contributed by atoms with Gasteiger partial charge in [-0.1, -0.05) is 12.1 Å². The van der Waals surface area contributed by atoms with Crippen LogP contribution in [0.5, 0.6) is 11.5 Å². The molecule has 108 valence electrons. The van der Waals surface area contributed by atoms with Gasteiger partial charge in [-0.25, -0.2) is 4.79 Å². The summed E-state index contributed by atoms with van der Waals surface area (Å²) < 4.78 is 6.21. The van der Waals surface area contributed by atoms with E-state index < -0.39 is 11.5 Å². The minimum Gasteiger partial charge on any atom is -0.508 e. The molecule has 21 heavy (non-hydrogen) atoms. The van der Waals surface area contributed by atoms with Crippen molar-refractivity contribution in [1.82, 2.24) is 0 Å². The van der Waals surface area contributed by atoms with Crippen LogP contribution in [0.3, 0.4) is 0 Å². The first-order chi connectivity index (χ1) is 10.0. The number of hydrogen-bond donors (Lipinski definition) is 3. The molecular formula is C15H12BrNO4. The lowest BCUT2D eigenvalue weighted by Gasteiger charge is -2.26. The minimum absolute atomic E-state index is 0.0378. The van der Waals surface area contributed by atoms with E-state index >= 15 is 0 Å². The zero-order valence-corrected chi connectivity index (χ0v) is 12.4. The SMILES string of the molecule is O=C(O)C1(Nc2ccccc2Br)COc2cc(O)ccc21. The van der Waals surface area contributed by atoms with Gasteiger partial charge in [-0.05, 0) is 40.2 Å². The number of aliphatic carboxylic acids is 1. The fourth-order valence-electron chi connectivity index (χ4n) is 2.37. The highest BCUT2D eigenvalue weighted by atomic mass is 79.9. The molecule has 6 heteroatoms. The topological polar surface area (TPSA) is 78.8 Å². The molecule has 0 saturated heterocycles. The van der Waals surface area contributed by atoms with Crippen molar-refractivity contribution in [1.29, 1.82) is 0 Å². The Balaban J connectivity index is 2.08. The van der Waals surface area contributed by atoms with Gasteiger partial charge in [0.25, 0.3) is 0 Å². The lowest BCUT2D eigenvalue weighted by molar-refractivity contribution is -0.143. The summed E-state index contributed by atoms with van der Waals surface area (Å²) in [4.78, 5) is 11.9. The van der Waals surface area contributed by atoms with E-state index in [1.807, 2.05) is 18.2 Å². The number of phenolic OH excluding ortho intramolecular Hbond substituents is 1. The minimum atomic E-state index is -1.38. The number of phenols is 1. The van der Waals surface area contributed by atoms with Crippen LogP contribution in [0.4, 0.5) is 5.69 Å². The van der Waals surface area contributed by atoms with Gasteiger partial charge in [0.15, 0.2) is 5.54 Å². The summed E-state index contributed by atoms with van der Waals surface area (Å²) in [6.07, 6.45) is 0. The molecule has 3 rings (SSSR count). The molecule has 0 aromatic heterocycles. The van der Waals surface area contributed by atoms with Gasteiger partial charge >= 0.3 is 5.97 Å². The monoisotopic (exact) mass is 349 g/mol. The highest BCUT2D eigenvalue weighted by molar-refractivity contribution is 9.10. The Morgan fingerprint density at radius 1 is 1.29 bits per heavy atom. The van der Waals surface area contributed by atoms with Crippen LogP contribution in [-0.4, -0.2) is 22.8 Å². The second-order valence-electron chi connectivity index (χ2n) is 4.78. The predicted octanol–water partition coefficient (Wildman–Crippen LogP) is 2.94. The summed E-state index contributed by atoms with van der Waals surface area (Å²) >= 11 is 3.39. The summed E-state index contributed by atoms with van der Waals surface area (Å²) in [6.45, 7) is -0.0531. The lowest BCUT2D eigenvalue weighted by Crippen LogP contribution is -2.45.